The Morgan fingerprint density at radius 2 is 2.17 bits per heavy atom. The van der Waals surface area contributed by atoms with Gasteiger partial charge in [0.25, 0.3) is 0 Å². The molecule has 0 radical (unpaired) electrons. The Balaban J connectivity index is 1.85. The summed E-state index contributed by atoms with van der Waals surface area (Å²) in [6.45, 7) is 4.55. The minimum absolute atomic E-state index is 0.0890. The molecule has 1 N–H and O–H groups in total. The van der Waals surface area contributed by atoms with Crippen molar-refractivity contribution in [1.29, 1.82) is 0 Å². The van der Waals surface area contributed by atoms with Gasteiger partial charge in [-0.05, 0) is 13.8 Å². The van der Waals surface area contributed by atoms with Crippen molar-refractivity contribution in [2.24, 2.45) is 0 Å². The van der Waals surface area contributed by atoms with E-state index in [4.69, 9.17) is 9.26 Å². The molecule has 0 spiro atoms. The summed E-state index contributed by atoms with van der Waals surface area (Å²) in [5.74, 6) is 1.86. The lowest BCUT2D eigenvalue weighted by atomic mass is 10.4. The van der Waals surface area contributed by atoms with Crippen molar-refractivity contribution in [2.75, 3.05) is 11.9 Å². The molecule has 96 valence electrons. The molecule has 0 amide bonds. The number of aromatic nitrogens is 4. The number of rotatable bonds is 6. The van der Waals surface area contributed by atoms with Crippen LogP contribution in [0.4, 0.5) is 5.82 Å². The lowest BCUT2D eigenvalue weighted by Gasteiger charge is -2.09. The number of nitrogens with one attached hydrogen (secondary N) is 1. The summed E-state index contributed by atoms with van der Waals surface area (Å²) in [4.78, 5) is 12.0. The second-order valence-electron chi connectivity index (χ2n) is 3.92. The first-order valence-corrected chi connectivity index (χ1v) is 5.72. The van der Waals surface area contributed by atoms with Crippen molar-refractivity contribution in [1.82, 2.24) is 20.1 Å². The Morgan fingerprint density at radius 1 is 1.28 bits per heavy atom. The summed E-state index contributed by atoms with van der Waals surface area (Å²) in [5.41, 5.74) is 0. The average Bonchev–Trinajstić information content (AvgIpc) is 2.82. The molecule has 0 saturated carbocycles. The van der Waals surface area contributed by atoms with Crippen LogP contribution in [0.5, 0.6) is 5.88 Å². The highest BCUT2D eigenvalue weighted by atomic mass is 16.5. The summed E-state index contributed by atoms with van der Waals surface area (Å²) in [6, 6.07) is 1.76. The van der Waals surface area contributed by atoms with Crippen molar-refractivity contribution in [3.8, 4) is 5.88 Å². The summed E-state index contributed by atoms with van der Waals surface area (Å²) in [5, 5.41) is 6.67. The maximum absolute atomic E-state index is 5.48. The predicted octanol–water partition coefficient (Wildman–Crippen LogP) is 1.30. The highest BCUT2D eigenvalue weighted by Crippen LogP contribution is 2.12. The fraction of sp³-hybridized carbons (Fsp3) is 0.455. The van der Waals surface area contributed by atoms with Crippen molar-refractivity contribution in [3.63, 3.8) is 0 Å². The molecule has 2 heterocycles. The molecule has 0 bridgehead atoms. The fourth-order valence-corrected chi connectivity index (χ4v) is 1.35. The monoisotopic (exact) mass is 249 g/mol. The Kier molecular flexibility index (Phi) is 4.06. The van der Waals surface area contributed by atoms with Crippen LogP contribution in [0.25, 0.3) is 0 Å². The normalized spacial score (nSPS) is 10.6. The van der Waals surface area contributed by atoms with E-state index in [1.54, 1.807) is 6.07 Å². The zero-order valence-corrected chi connectivity index (χ0v) is 10.3. The maximum atomic E-state index is 5.48. The quantitative estimate of drug-likeness (QED) is 0.825. The van der Waals surface area contributed by atoms with Crippen LogP contribution < -0.4 is 10.1 Å². The smallest absolute Gasteiger partial charge is 0.228 e. The molecule has 7 heteroatoms. The first-order valence-electron chi connectivity index (χ1n) is 5.72. The van der Waals surface area contributed by atoms with Crippen LogP contribution in [-0.2, 0) is 6.42 Å². The molecular weight excluding hydrogens is 234 g/mol. The van der Waals surface area contributed by atoms with Gasteiger partial charge in [0.05, 0.1) is 6.10 Å². The van der Waals surface area contributed by atoms with Gasteiger partial charge in [-0.15, -0.1) is 0 Å². The number of ether oxygens (including phenoxy) is 1. The molecule has 18 heavy (non-hydrogen) atoms. The van der Waals surface area contributed by atoms with Crippen LogP contribution in [0.15, 0.2) is 23.2 Å². The molecule has 0 aliphatic carbocycles. The number of hydrogen-bond acceptors (Lipinski definition) is 7. The maximum Gasteiger partial charge on any atom is 0.228 e. The SMILES string of the molecule is CC(C)Oc1cc(NCCc2ncno2)ncn1. The van der Waals surface area contributed by atoms with E-state index in [0.29, 0.717) is 30.6 Å². The largest absolute Gasteiger partial charge is 0.475 e. The third-order valence-corrected chi connectivity index (χ3v) is 2.05. The van der Waals surface area contributed by atoms with Crippen molar-refractivity contribution in [2.45, 2.75) is 26.4 Å². The average molecular weight is 249 g/mol. The van der Waals surface area contributed by atoms with E-state index in [-0.39, 0.29) is 6.10 Å². The van der Waals surface area contributed by atoms with Gasteiger partial charge in [0.2, 0.25) is 11.8 Å². The first-order chi connectivity index (χ1) is 8.74. The fourth-order valence-electron chi connectivity index (χ4n) is 1.35. The van der Waals surface area contributed by atoms with Gasteiger partial charge in [-0.3, -0.25) is 0 Å². The predicted molar refractivity (Wildman–Crippen MR) is 64.3 cm³/mol. The Morgan fingerprint density at radius 3 is 2.89 bits per heavy atom. The topological polar surface area (TPSA) is 86.0 Å². The highest BCUT2D eigenvalue weighted by molar-refractivity contribution is 5.37. The first kappa shape index (κ1) is 12.3. The van der Waals surface area contributed by atoms with Crippen LogP contribution >= 0.6 is 0 Å². The van der Waals surface area contributed by atoms with Crippen molar-refractivity contribution < 1.29 is 9.26 Å². The van der Waals surface area contributed by atoms with Crippen LogP contribution in [-0.4, -0.2) is 32.8 Å². The standard InChI is InChI=1S/C11H15N5O2/c1-8(2)17-11-5-9(13-6-14-11)12-4-3-10-15-7-16-18-10/h5-8H,3-4H2,1-2H3,(H,12,13,14). The molecule has 0 saturated heterocycles. The number of hydrogen-bond donors (Lipinski definition) is 1. The van der Waals surface area contributed by atoms with Gasteiger partial charge in [0.15, 0.2) is 6.33 Å². The van der Waals surface area contributed by atoms with Gasteiger partial charge < -0.3 is 14.6 Å². The van der Waals surface area contributed by atoms with E-state index in [1.807, 2.05) is 13.8 Å². The summed E-state index contributed by atoms with van der Waals surface area (Å²) in [6.07, 6.45) is 3.58. The van der Waals surface area contributed by atoms with Gasteiger partial charge >= 0.3 is 0 Å². The molecule has 0 unspecified atom stereocenters. The van der Waals surface area contributed by atoms with E-state index < -0.39 is 0 Å². The van der Waals surface area contributed by atoms with Gasteiger partial charge in [-0.2, -0.15) is 4.98 Å². The van der Waals surface area contributed by atoms with Crippen molar-refractivity contribution >= 4 is 5.82 Å². The summed E-state index contributed by atoms with van der Waals surface area (Å²) >= 11 is 0. The van der Waals surface area contributed by atoms with Crippen LogP contribution in [0.3, 0.4) is 0 Å². The van der Waals surface area contributed by atoms with Crippen LogP contribution in [0, 0.1) is 0 Å². The Hall–Kier alpha value is -2.18. The van der Waals surface area contributed by atoms with Gasteiger partial charge in [-0.25, -0.2) is 9.97 Å². The lowest BCUT2D eigenvalue weighted by Crippen LogP contribution is -2.09. The number of nitrogens with zero attached hydrogens (tertiary/aromatic N) is 4. The van der Waals surface area contributed by atoms with E-state index in [9.17, 15) is 0 Å². The third kappa shape index (κ3) is 3.69. The van der Waals surface area contributed by atoms with E-state index in [0.717, 1.165) is 0 Å². The van der Waals surface area contributed by atoms with Gasteiger partial charge in [-0.1, -0.05) is 5.16 Å². The van der Waals surface area contributed by atoms with E-state index in [2.05, 4.69) is 25.4 Å². The zero-order valence-electron chi connectivity index (χ0n) is 10.3. The molecule has 2 rings (SSSR count). The third-order valence-electron chi connectivity index (χ3n) is 2.05. The van der Waals surface area contributed by atoms with Crippen LogP contribution in [0.2, 0.25) is 0 Å². The summed E-state index contributed by atoms with van der Waals surface area (Å²) < 4.78 is 10.4. The molecule has 0 aromatic carbocycles. The molecule has 2 aromatic rings. The Labute approximate surface area is 105 Å². The molecule has 2 aromatic heterocycles. The second-order valence-corrected chi connectivity index (χ2v) is 3.92. The van der Waals surface area contributed by atoms with Gasteiger partial charge in [0, 0.05) is 19.0 Å². The molecule has 0 fully saturated rings. The molecular formula is C11H15N5O2. The highest BCUT2D eigenvalue weighted by Gasteiger charge is 2.03. The second kappa shape index (κ2) is 5.95. The molecule has 0 aliphatic heterocycles. The van der Waals surface area contributed by atoms with Crippen LogP contribution in [0.1, 0.15) is 19.7 Å². The molecule has 0 aliphatic rings. The molecule has 0 atom stereocenters. The van der Waals surface area contributed by atoms with E-state index in [1.165, 1.54) is 12.7 Å². The lowest BCUT2D eigenvalue weighted by molar-refractivity contribution is 0.232. The van der Waals surface area contributed by atoms with Crippen molar-refractivity contribution in [3.05, 3.63) is 24.6 Å². The minimum atomic E-state index is 0.0890. The van der Waals surface area contributed by atoms with Gasteiger partial charge in [0.1, 0.15) is 12.1 Å². The van der Waals surface area contributed by atoms with E-state index >= 15 is 0 Å². The Bertz CT molecular complexity index is 472. The minimum Gasteiger partial charge on any atom is -0.475 e. The zero-order chi connectivity index (χ0) is 12.8. The summed E-state index contributed by atoms with van der Waals surface area (Å²) in [7, 11) is 0. The molecule has 7 nitrogen and oxygen atoms in total. The number of anilines is 1.